The molecule has 0 unspecified atom stereocenters. The number of piperidine rings is 1. The molecule has 0 aliphatic carbocycles. The van der Waals surface area contributed by atoms with Gasteiger partial charge in [-0.25, -0.2) is 0 Å². The summed E-state index contributed by atoms with van der Waals surface area (Å²) in [6.45, 7) is 2.86. The topological polar surface area (TPSA) is 79.3 Å². The minimum atomic E-state index is -0.128. The molecule has 0 spiro atoms. The number of carbonyl (C=O) groups is 2. The summed E-state index contributed by atoms with van der Waals surface area (Å²) in [6, 6.07) is 7.82. The molecule has 0 saturated carbocycles. The van der Waals surface area contributed by atoms with Crippen LogP contribution in [0.25, 0.3) is 0 Å². The summed E-state index contributed by atoms with van der Waals surface area (Å²) in [4.78, 5) is 26.9. The van der Waals surface area contributed by atoms with E-state index in [1.54, 1.807) is 4.68 Å². The molecule has 2 aliphatic rings. The first-order valence-electron chi connectivity index (χ1n) is 9.97. The van der Waals surface area contributed by atoms with Crippen LogP contribution in [-0.2, 0) is 23.2 Å². The molecule has 7 heteroatoms. The highest BCUT2D eigenvalue weighted by Gasteiger charge is 2.34. The molecule has 2 N–H and O–H groups in total. The van der Waals surface area contributed by atoms with Gasteiger partial charge in [0.05, 0.1) is 12.1 Å². The first-order valence-corrected chi connectivity index (χ1v) is 9.97. The summed E-state index contributed by atoms with van der Waals surface area (Å²) in [5, 5.41) is 10.6. The highest BCUT2D eigenvalue weighted by atomic mass is 16.2. The molecule has 2 atom stereocenters. The van der Waals surface area contributed by atoms with Gasteiger partial charge in [0.25, 0.3) is 0 Å². The van der Waals surface area contributed by atoms with Crippen LogP contribution in [0, 0.1) is 5.92 Å². The van der Waals surface area contributed by atoms with Crippen molar-refractivity contribution in [3.63, 3.8) is 0 Å². The third-order valence-electron chi connectivity index (χ3n) is 5.69. The number of hydrogen-bond donors (Lipinski definition) is 2. The van der Waals surface area contributed by atoms with Crippen molar-refractivity contribution < 1.29 is 9.59 Å². The van der Waals surface area contributed by atoms with E-state index in [0.29, 0.717) is 19.5 Å². The van der Waals surface area contributed by atoms with Crippen LogP contribution in [0.4, 0.5) is 5.69 Å². The van der Waals surface area contributed by atoms with Crippen molar-refractivity contribution in [3.05, 3.63) is 47.8 Å². The minimum Gasteiger partial charge on any atom is -0.338 e. The predicted molar refractivity (Wildman–Crippen MR) is 107 cm³/mol. The molecule has 0 bridgehead atoms. The second-order valence-electron chi connectivity index (χ2n) is 7.78. The van der Waals surface area contributed by atoms with E-state index < -0.39 is 0 Å². The van der Waals surface area contributed by atoms with Crippen LogP contribution in [0.1, 0.15) is 36.3 Å². The number of anilines is 1. The van der Waals surface area contributed by atoms with E-state index in [2.05, 4.69) is 15.7 Å². The third-order valence-corrected chi connectivity index (χ3v) is 5.69. The fourth-order valence-corrected chi connectivity index (χ4v) is 4.17. The molecule has 2 aromatic rings. The molecule has 7 nitrogen and oxygen atoms in total. The lowest BCUT2D eigenvalue weighted by molar-refractivity contribution is -0.133. The lowest BCUT2D eigenvalue weighted by atomic mass is 9.90. The maximum atomic E-state index is 12.9. The van der Waals surface area contributed by atoms with Crippen molar-refractivity contribution in [3.8, 4) is 0 Å². The molecular weight excluding hydrogens is 354 g/mol. The summed E-state index contributed by atoms with van der Waals surface area (Å²) < 4.78 is 1.77. The lowest BCUT2D eigenvalue weighted by Crippen LogP contribution is -2.34. The Morgan fingerprint density at radius 3 is 3.00 bits per heavy atom. The second kappa shape index (κ2) is 8.14. The maximum Gasteiger partial charge on any atom is 0.229 e. The Labute approximate surface area is 165 Å². The molecule has 148 valence electrons. The summed E-state index contributed by atoms with van der Waals surface area (Å²) in [7, 11) is 1.89. The number of aromatic nitrogens is 2. The second-order valence-corrected chi connectivity index (χ2v) is 7.78. The maximum absolute atomic E-state index is 12.9. The predicted octanol–water partition coefficient (Wildman–Crippen LogP) is 1.87. The van der Waals surface area contributed by atoms with Gasteiger partial charge >= 0.3 is 0 Å². The molecule has 1 aromatic heterocycles. The zero-order valence-corrected chi connectivity index (χ0v) is 16.2. The number of nitrogens with zero attached hydrogens (tertiary/aromatic N) is 3. The highest BCUT2D eigenvalue weighted by molar-refractivity contribution is 5.93. The zero-order chi connectivity index (χ0) is 19.5. The molecule has 0 radical (unpaired) electrons. The van der Waals surface area contributed by atoms with Gasteiger partial charge in [0.2, 0.25) is 11.8 Å². The fraction of sp³-hybridized carbons (Fsp3) is 0.476. The van der Waals surface area contributed by atoms with E-state index in [-0.39, 0.29) is 23.7 Å². The first kappa shape index (κ1) is 18.7. The quantitative estimate of drug-likeness (QED) is 0.829. The largest absolute Gasteiger partial charge is 0.338 e. The Hall–Kier alpha value is -2.67. The number of hydrogen-bond acceptors (Lipinski definition) is 4. The Bertz CT molecular complexity index is 862. The van der Waals surface area contributed by atoms with Crippen LogP contribution >= 0.6 is 0 Å². The van der Waals surface area contributed by atoms with Crippen LogP contribution in [0.15, 0.2) is 36.7 Å². The molecular formula is C21H27N5O2. The van der Waals surface area contributed by atoms with Crippen LogP contribution in [0.5, 0.6) is 0 Å². The average Bonchev–Trinajstić information content (AvgIpc) is 3.33. The van der Waals surface area contributed by atoms with Gasteiger partial charge < -0.3 is 15.5 Å². The van der Waals surface area contributed by atoms with Crippen LogP contribution < -0.4 is 10.6 Å². The minimum absolute atomic E-state index is 0.0186. The van der Waals surface area contributed by atoms with E-state index in [0.717, 1.165) is 42.7 Å². The summed E-state index contributed by atoms with van der Waals surface area (Å²) in [5.41, 5.74) is 2.91. The number of benzene rings is 1. The van der Waals surface area contributed by atoms with Crippen LogP contribution in [0.2, 0.25) is 0 Å². The summed E-state index contributed by atoms with van der Waals surface area (Å²) >= 11 is 0. The van der Waals surface area contributed by atoms with Crippen molar-refractivity contribution in [1.82, 2.24) is 20.0 Å². The number of amides is 2. The molecule has 2 saturated heterocycles. The molecule has 28 heavy (non-hydrogen) atoms. The number of aryl methyl sites for hydroxylation is 1. The van der Waals surface area contributed by atoms with Gasteiger partial charge in [-0.1, -0.05) is 12.1 Å². The molecule has 4 rings (SSSR count). The Morgan fingerprint density at radius 1 is 1.32 bits per heavy atom. The van der Waals surface area contributed by atoms with E-state index in [1.807, 2.05) is 48.6 Å². The van der Waals surface area contributed by atoms with Crippen molar-refractivity contribution in [1.29, 1.82) is 0 Å². The molecule has 2 amide bonds. The van der Waals surface area contributed by atoms with Gasteiger partial charge in [-0.2, -0.15) is 5.10 Å². The smallest absolute Gasteiger partial charge is 0.229 e. The lowest BCUT2D eigenvalue weighted by Gasteiger charge is -2.27. The zero-order valence-electron chi connectivity index (χ0n) is 16.2. The van der Waals surface area contributed by atoms with Gasteiger partial charge in [-0.05, 0) is 36.1 Å². The summed E-state index contributed by atoms with van der Waals surface area (Å²) in [6.07, 6.45) is 6.51. The van der Waals surface area contributed by atoms with Gasteiger partial charge in [0.1, 0.15) is 0 Å². The van der Waals surface area contributed by atoms with Crippen LogP contribution in [0.3, 0.4) is 0 Å². The fourth-order valence-electron chi connectivity index (χ4n) is 4.17. The summed E-state index contributed by atoms with van der Waals surface area (Å²) in [5.74, 6) is 0.237. The monoisotopic (exact) mass is 381 g/mol. The number of likely N-dealkylation sites (tertiary alicyclic amines) is 1. The Balaban J connectivity index is 1.42. The normalized spacial score (nSPS) is 22.5. The first-order chi connectivity index (χ1) is 13.6. The van der Waals surface area contributed by atoms with Gasteiger partial charge in [-0.3, -0.25) is 14.3 Å². The SMILES string of the molecule is Cn1cc([C@H]2CNC[C@@H]2C(=O)Nc2cccc(CN3CCCCC3=O)c2)cn1. The van der Waals surface area contributed by atoms with E-state index >= 15 is 0 Å². The molecule has 2 aliphatic heterocycles. The highest BCUT2D eigenvalue weighted by Crippen LogP contribution is 2.29. The van der Waals surface area contributed by atoms with Gasteiger partial charge in [0.15, 0.2) is 0 Å². The number of rotatable bonds is 5. The van der Waals surface area contributed by atoms with E-state index in [4.69, 9.17) is 0 Å². The van der Waals surface area contributed by atoms with Gasteiger partial charge in [-0.15, -0.1) is 0 Å². The van der Waals surface area contributed by atoms with Crippen molar-refractivity contribution in [2.45, 2.75) is 31.7 Å². The Kier molecular flexibility index (Phi) is 5.43. The van der Waals surface area contributed by atoms with E-state index in [1.165, 1.54) is 0 Å². The number of carbonyl (C=O) groups excluding carboxylic acids is 2. The molecule has 3 heterocycles. The third kappa shape index (κ3) is 4.09. The average molecular weight is 381 g/mol. The van der Waals surface area contributed by atoms with Crippen molar-refractivity contribution in [2.24, 2.45) is 13.0 Å². The van der Waals surface area contributed by atoms with Crippen LogP contribution in [-0.4, -0.2) is 46.1 Å². The van der Waals surface area contributed by atoms with Crippen molar-refractivity contribution >= 4 is 17.5 Å². The molecule has 1 aromatic carbocycles. The van der Waals surface area contributed by atoms with Crippen molar-refractivity contribution in [2.75, 3.05) is 25.0 Å². The molecule has 2 fully saturated rings. The Morgan fingerprint density at radius 2 is 2.21 bits per heavy atom. The van der Waals surface area contributed by atoms with Gasteiger partial charge in [0, 0.05) is 57.4 Å². The number of nitrogens with one attached hydrogen (secondary N) is 2. The van der Waals surface area contributed by atoms with E-state index in [9.17, 15) is 9.59 Å². The standard InChI is InChI=1S/C21H27N5O2/c1-25-14-16(10-23-25)18-11-22-12-19(18)21(28)24-17-6-4-5-15(9-17)13-26-8-3-2-7-20(26)27/h4-6,9-10,14,18-19,22H,2-3,7-8,11-13H2,1H3,(H,24,28)/t18-,19+/m1/s1.